The lowest BCUT2D eigenvalue weighted by molar-refractivity contribution is 0.478. The van der Waals surface area contributed by atoms with Gasteiger partial charge >= 0.3 is 0 Å². The van der Waals surface area contributed by atoms with Gasteiger partial charge in [0.1, 0.15) is 5.75 Å². The molecule has 0 aliphatic heterocycles. The van der Waals surface area contributed by atoms with E-state index in [1.165, 1.54) is 11.6 Å². The van der Waals surface area contributed by atoms with Crippen molar-refractivity contribution in [1.82, 2.24) is 9.97 Å². The van der Waals surface area contributed by atoms with Crippen molar-refractivity contribution in [2.24, 2.45) is 0 Å². The van der Waals surface area contributed by atoms with E-state index < -0.39 is 0 Å². The van der Waals surface area contributed by atoms with Crippen LogP contribution in [0, 0.1) is 6.92 Å². The summed E-state index contributed by atoms with van der Waals surface area (Å²) in [5.41, 5.74) is 12.3. The molecule has 20 heavy (non-hydrogen) atoms. The molecular formula is C15H14N4O. The van der Waals surface area contributed by atoms with E-state index in [1.54, 1.807) is 0 Å². The molecular weight excluding hydrogens is 252 g/mol. The highest BCUT2D eigenvalue weighted by atomic mass is 16.5. The van der Waals surface area contributed by atoms with Gasteiger partial charge in [-0.05, 0) is 35.4 Å². The Labute approximate surface area is 116 Å². The minimum Gasteiger partial charge on any atom is -0.452 e. The predicted octanol–water partition coefficient (Wildman–Crippen LogP) is 2.89. The SMILES string of the molecule is Cc1cc2ccccc2cc1Oc1cnc(N)nc1N. The Balaban J connectivity index is 2.03. The number of ether oxygens (including phenoxy) is 1. The number of aromatic nitrogens is 2. The van der Waals surface area contributed by atoms with Crippen LogP contribution in [0.25, 0.3) is 10.8 Å². The van der Waals surface area contributed by atoms with Gasteiger partial charge in [0, 0.05) is 0 Å². The van der Waals surface area contributed by atoms with Crippen LogP contribution in [0.15, 0.2) is 42.6 Å². The molecule has 2 aromatic carbocycles. The van der Waals surface area contributed by atoms with E-state index in [9.17, 15) is 0 Å². The molecule has 0 spiro atoms. The van der Waals surface area contributed by atoms with E-state index >= 15 is 0 Å². The highest BCUT2D eigenvalue weighted by Crippen LogP contribution is 2.31. The molecule has 4 N–H and O–H groups in total. The lowest BCUT2D eigenvalue weighted by Crippen LogP contribution is -2.01. The minimum absolute atomic E-state index is 0.130. The molecule has 0 bridgehead atoms. The number of rotatable bonds is 2. The molecule has 5 nitrogen and oxygen atoms in total. The molecule has 0 saturated heterocycles. The molecule has 0 fully saturated rings. The smallest absolute Gasteiger partial charge is 0.222 e. The Hall–Kier alpha value is -2.82. The highest BCUT2D eigenvalue weighted by Gasteiger charge is 2.08. The number of fused-ring (bicyclic) bond motifs is 1. The van der Waals surface area contributed by atoms with E-state index in [1.807, 2.05) is 31.2 Å². The summed E-state index contributed by atoms with van der Waals surface area (Å²) in [5, 5.41) is 2.27. The third-order valence-corrected chi connectivity index (χ3v) is 3.06. The van der Waals surface area contributed by atoms with Crippen LogP contribution < -0.4 is 16.2 Å². The normalized spacial score (nSPS) is 10.7. The number of nitrogens with zero attached hydrogens (tertiary/aromatic N) is 2. The summed E-state index contributed by atoms with van der Waals surface area (Å²) in [5.74, 6) is 1.48. The number of hydrogen-bond acceptors (Lipinski definition) is 5. The lowest BCUT2D eigenvalue weighted by atomic mass is 10.1. The van der Waals surface area contributed by atoms with Gasteiger partial charge in [0.25, 0.3) is 0 Å². The van der Waals surface area contributed by atoms with E-state index in [0.717, 1.165) is 16.7 Å². The Kier molecular flexibility index (Phi) is 2.87. The maximum absolute atomic E-state index is 5.80. The zero-order chi connectivity index (χ0) is 14.1. The van der Waals surface area contributed by atoms with Crippen LogP contribution in [-0.2, 0) is 0 Å². The van der Waals surface area contributed by atoms with Gasteiger partial charge in [0.05, 0.1) is 6.20 Å². The van der Waals surface area contributed by atoms with Crippen molar-refractivity contribution in [2.75, 3.05) is 11.5 Å². The fraction of sp³-hybridized carbons (Fsp3) is 0.0667. The molecule has 3 aromatic rings. The Bertz CT molecular complexity index is 786. The summed E-state index contributed by atoms with van der Waals surface area (Å²) in [7, 11) is 0. The van der Waals surface area contributed by atoms with Gasteiger partial charge in [-0.25, -0.2) is 4.98 Å². The molecule has 3 rings (SSSR count). The average Bonchev–Trinajstić information content (AvgIpc) is 2.42. The molecule has 0 aliphatic carbocycles. The van der Waals surface area contributed by atoms with Gasteiger partial charge in [-0.3, -0.25) is 0 Å². The Morgan fingerprint density at radius 3 is 2.40 bits per heavy atom. The molecule has 1 heterocycles. The summed E-state index contributed by atoms with van der Waals surface area (Å²) in [6.07, 6.45) is 1.48. The third-order valence-electron chi connectivity index (χ3n) is 3.06. The van der Waals surface area contributed by atoms with Crippen LogP contribution in [0.5, 0.6) is 11.5 Å². The average molecular weight is 266 g/mol. The van der Waals surface area contributed by atoms with Crippen LogP contribution in [0.1, 0.15) is 5.56 Å². The van der Waals surface area contributed by atoms with Gasteiger partial charge in [-0.15, -0.1) is 0 Å². The number of aryl methyl sites for hydroxylation is 1. The van der Waals surface area contributed by atoms with Crippen LogP contribution in [0.2, 0.25) is 0 Å². The summed E-state index contributed by atoms with van der Waals surface area (Å²) in [6.45, 7) is 1.98. The minimum atomic E-state index is 0.130. The summed E-state index contributed by atoms with van der Waals surface area (Å²) in [4.78, 5) is 7.77. The second-order valence-corrected chi connectivity index (χ2v) is 4.54. The van der Waals surface area contributed by atoms with Gasteiger partial charge < -0.3 is 16.2 Å². The zero-order valence-electron chi connectivity index (χ0n) is 11.0. The van der Waals surface area contributed by atoms with Crippen molar-refractivity contribution in [3.05, 3.63) is 48.2 Å². The molecule has 0 aliphatic rings. The van der Waals surface area contributed by atoms with Crippen molar-refractivity contribution < 1.29 is 4.74 Å². The number of hydrogen-bond donors (Lipinski definition) is 2. The van der Waals surface area contributed by atoms with E-state index in [-0.39, 0.29) is 11.8 Å². The molecule has 0 unspecified atom stereocenters. The number of nitrogens with two attached hydrogens (primary N) is 2. The first-order valence-corrected chi connectivity index (χ1v) is 6.19. The van der Waals surface area contributed by atoms with Crippen molar-refractivity contribution in [3.63, 3.8) is 0 Å². The molecule has 5 heteroatoms. The van der Waals surface area contributed by atoms with Gasteiger partial charge in [0.15, 0.2) is 11.6 Å². The largest absolute Gasteiger partial charge is 0.452 e. The van der Waals surface area contributed by atoms with Gasteiger partial charge in [0.2, 0.25) is 5.95 Å². The van der Waals surface area contributed by atoms with Crippen molar-refractivity contribution in [1.29, 1.82) is 0 Å². The zero-order valence-corrected chi connectivity index (χ0v) is 11.0. The van der Waals surface area contributed by atoms with Crippen molar-refractivity contribution in [2.45, 2.75) is 6.92 Å². The highest BCUT2D eigenvalue weighted by molar-refractivity contribution is 5.85. The third kappa shape index (κ3) is 2.21. The first-order chi connectivity index (χ1) is 9.63. The quantitative estimate of drug-likeness (QED) is 0.744. The maximum atomic E-state index is 5.80. The Morgan fingerprint density at radius 2 is 1.70 bits per heavy atom. The second kappa shape index (κ2) is 4.70. The Morgan fingerprint density at radius 1 is 1.00 bits per heavy atom. The summed E-state index contributed by atoms with van der Waals surface area (Å²) >= 11 is 0. The second-order valence-electron chi connectivity index (χ2n) is 4.54. The van der Waals surface area contributed by atoms with Crippen LogP contribution in [-0.4, -0.2) is 9.97 Å². The van der Waals surface area contributed by atoms with Crippen LogP contribution >= 0.6 is 0 Å². The summed E-state index contributed by atoms with van der Waals surface area (Å²) < 4.78 is 5.80. The fourth-order valence-corrected chi connectivity index (χ4v) is 2.04. The standard InChI is InChI=1S/C15H14N4O/c1-9-6-10-4-2-3-5-11(10)7-12(9)20-13-8-18-15(17)19-14(13)16/h2-8H,1H3,(H4,16,17,18,19). The monoisotopic (exact) mass is 266 g/mol. The van der Waals surface area contributed by atoms with E-state index in [2.05, 4.69) is 22.1 Å². The van der Waals surface area contributed by atoms with Gasteiger partial charge in [-0.2, -0.15) is 4.98 Å². The number of nitrogen functional groups attached to an aromatic ring is 2. The molecule has 0 atom stereocenters. The predicted molar refractivity (Wildman–Crippen MR) is 79.6 cm³/mol. The van der Waals surface area contributed by atoms with Crippen molar-refractivity contribution in [3.8, 4) is 11.5 Å². The van der Waals surface area contributed by atoms with E-state index in [4.69, 9.17) is 16.2 Å². The maximum Gasteiger partial charge on any atom is 0.222 e. The molecule has 1 aromatic heterocycles. The first-order valence-electron chi connectivity index (χ1n) is 6.19. The molecule has 0 saturated carbocycles. The topological polar surface area (TPSA) is 87.0 Å². The van der Waals surface area contributed by atoms with E-state index in [0.29, 0.717) is 5.75 Å². The number of anilines is 2. The van der Waals surface area contributed by atoms with Crippen molar-refractivity contribution >= 4 is 22.5 Å². The first kappa shape index (κ1) is 12.2. The number of benzene rings is 2. The lowest BCUT2D eigenvalue weighted by Gasteiger charge is -2.11. The fourth-order valence-electron chi connectivity index (χ4n) is 2.04. The molecule has 0 amide bonds. The summed E-state index contributed by atoms with van der Waals surface area (Å²) in [6, 6.07) is 12.1. The van der Waals surface area contributed by atoms with Gasteiger partial charge in [-0.1, -0.05) is 24.3 Å². The van der Waals surface area contributed by atoms with Crippen LogP contribution in [0.3, 0.4) is 0 Å². The molecule has 100 valence electrons. The molecule has 0 radical (unpaired) electrons. The van der Waals surface area contributed by atoms with Crippen LogP contribution in [0.4, 0.5) is 11.8 Å².